The van der Waals surface area contributed by atoms with E-state index in [0.29, 0.717) is 25.0 Å². The van der Waals surface area contributed by atoms with Gasteiger partial charge in [-0.05, 0) is 62.0 Å². The van der Waals surface area contributed by atoms with Gasteiger partial charge in [0.25, 0.3) is 0 Å². The number of pyridine rings is 1. The van der Waals surface area contributed by atoms with Gasteiger partial charge >= 0.3 is 0 Å². The van der Waals surface area contributed by atoms with Crippen LogP contribution in [-0.4, -0.2) is 75.1 Å². The molecule has 0 spiro atoms. The largest absolute Gasteiger partial charge is 0.350 e. The van der Waals surface area contributed by atoms with Crippen LogP contribution in [0.3, 0.4) is 0 Å². The summed E-state index contributed by atoms with van der Waals surface area (Å²) in [5, 5.41) is 13.2. The third kappa shape index (κ3) is 6.85. The second kappa shape index (κ2) is 13.6. The van der Waals surface area contributed by atoms with Crippen LogP contribution in [0.15, 0.2) is 73.1 Å². The van der Waals surface area contributed by atoms with E-state index in [4.69, 9.17) is 20.7 Å². The summed E-state index contributed by atoms with van der Waals surface area (Å²) >= 11 is 0. The van der Waals surface area contributed by atoms with Crippen molar-refractivity contribution >= 4 is 39.9 Å². The Kier molecular flexibility index (Phi) is 9.23. The lowest BCUT2D eigenvalue weighted by molar-refractivity contribution is -0.111. The van der Waals surface area contributed by atoms with E-state index in [9.17, 15) is 4.79 Å². The first kappa shape index (κ1) is 31.1. The number of carbonyl (C=O) groups excluding carboxylic acids is 1. The highest BCUT2D eigenvalue weighted by Gasteiger charge is 2.22. The average Bonchev–Trinajstić information content (AvgIpc) is 3.48. The minimum atomic E-state index is -0.157. The van der Waals surface area contributed by atoms with Gasteiger partial charge in [0.1, 0.15) is 0 Å². The molecule has 0 unspecified atom stereocenters. The summed E-state index contributed by atoms with van der Waals surface area (Å²) in [5.74, 6) is 1.46. The molecule has 1 aliphatic heterocycles. The zero-order valence-electron chi connectivity index (χ0n) is 26.9. The first-order valence-corrected chi connectivity index (χ1v) is 15.9. The van der Waals surface area contributed by atoms with Gasteiger partial charge in [-0.1, -0.05) is 50.3 Å². The predicted octanol–water partition coefficient (Wildman–Crippen LogP) is 5.06. The number of hydrogen-bond donors (Lipinski definition) is 3. The third-order valence-corrected chi connectivity index (χ3v) is 8.31. The summed E-state index contributed by atoms with van der Waals surface area (Å²) in [6.07, 6.45) is 8.94. The lowest BCUT2D eigenvalue weighted by Gasteiger charge is -2.30. The second-order valence-corrected chi connectivity index (χ2v) is 12.4. The maximum Gasteiger partial charge on any atom is 0.248 e. The summed E-state index contributed by atoms with van der Waals surface area (Å²) in [7, 11) is 3.93. The van der Waals surface area contributed by atoms with Crippen molar-refractivity contribution in [2.24, 2.45) is 5.73 Å². The average molecular weight is 619 g/mol. The van der Waals surface area contributed by atoms with Crippen molar-refractivity contribution in [2.75, 3.05) is 49.3 Å². The van der Waals surface area contributed by atoms with Gasteiger partial charge in [0.2, 0.25) is 17.8 Å². The zero-order chi connectivity index (χ0) is 32.2. The van der Waals surface area contributed by atoms with Gasteiger partial charge in [-0.3, -0.25) is 9.78 Å². The molecule has 4 heterocycles. The van der Waals surface area contributed by atoms with Gasteiger partial charge in [-0.25, -0.2) is 0 Å². The van der Waals surface area contributed by atoms with Crippen molar-refractivity contribution in [1.29, 1.82) is 0 Å². The van der Waals surface area contributed by atoms with E-state index in [2.05, 4.69) is 46.6 Å². The number of benzene rings is 2. The van der Waals surface area contributed by atoms with Gasteiger partial charge in [-0.2, -0.15) is 19.6 Å². The molecule has 6 rings (SSSR count). The molecule has 5 aromatic rings. The summed E-state index contributed by atoms with van der Waals surface area (Å²) in [5.41, 5.74) is 11.8. The van der Waals surface area contributed by atoms with E-state index >= 15 is 0 Å². The number of nitrogens with zero attached hydrogens (tertiary/aromatic N) is 7. The zero-order valence-corrected chi connectivity index (χ0v) is 26.9. The van der Waals surface area contributed by atoms with E-state index in [1.807, 2.05) is 73.9 Å². The molecule has 2 aromatic carbocycles. The van der Waals surface area contributed by atoms with Crippen molar-refractivity contribution in [3.8, 4) is 11.3 Å². The van der Waals surface area contributed by atoms with Gasteiger partial charge in [0.15, 0.2) is 5.65 Å². The van der Waals surface area contributed by atoms with Gasteiger partial charge in [0, 0.05) is 66.7 Å². The summed E-state index contributed by atoms with van der Waals surface area (Å²) in [6, 6.07) is 16.4. The van der Waals surface area contributed by atoms with Gasteiger partial charge in [-0.15, -0.1) is 0 Å². The highest BCUT2D eigenvalue weighted by molar-refractivity contribution is 6.02. The van der Waals surface area contributed by atoms with Crippen LogP contribution in [0.25, 0.3) is 27.7 Å². The molecule has 1 saturated heterocycles. The molecular weight excluding hydrogens is 576 g/mol. The Labute approximate surface area is 269 Å². The number of nitrogens with two attached hydrogens (primary N) is 1. The fourth-order valence-electron chi connectivity index (χ4n) is 5.75. The van der Waals surface area contributed by atoms with E-state index in [1.165, 1.54) is 0 Å². The van der Waals surface area contributed by atoms with Crippen LogP contribution >= 0.6 is 0 Å². The lowest BCUT2D eigenvalue weighted by atomic mass is 9.99. The van der Waals surface area contributed by atoms with Crippen molar-refractivity contribution in [3.63, 3.8) is 0 Å². The molecule has 3 aromatic heterocycles. The van der Waals surface area contributed by atoms with Crippen molar-refractivity contribution < 1.29 is 4.79 Å². The van der Waals surface area contributed by atoms with Crippen molar-refractivity contribution in [1.82, 2.24) is 29.5 Å². The van der Waals surface area contributed by atoms with Gasteiger partial charge in [0.05, 0.1) is 11.9 Å². The number of carbonyl (C=O) groups is 1. The normalized spacial score (nSPS) is 14.3. The van der Waals surface area contributed by atoms with Crippen LogP contribution < -0.4 is 21.3 Å². The molecule has 0 saturated carbocycles. The fourth-order valence-corrected chi connectivity index (χ4v) is 5.75. The third-order valence-electron chi connectivity index (χ3n) is 8.31. The van der Waals surface area contributed by atoms with E-state index in [-0.39, 0.29) is 17.9 Å². The second-order valence-electron chi connectivity index (χ2n) is 12.4. The number of nitrogens with one attached hydrogen (secondary N) is 2. The van der Waals surface area contributed by atoms with Crippen LogP contribution in [-0.2, 0) is 11.3 Å². The Morgan fingerprint density at radius 1 is 1.11 bits per heavy atom. The van der Waals surface area contributed by atoms with Crippen LogP contribution in [0, 0.1) is 0 Å². The highest BCUT2D eigenvalue weighted by Crippen LogP contribution is 2.31. The Morgan fingerprint density at radius 3 is 2.70 bits per heavy atom. The van der Waals surface area contributed by atoms with E-state index in [0.717, 1.165) is 70.4 Å². The quantitative estimate of drug-likeness (QED) is 0.184. The van der Waals surface area contributed by atoms with Crippen molar-refractivity contribution in [3.05, 3.63) is 84.2 Å². The number of amides is 1. The summed E-state index contributed by atoms with van der Waals surface area (Å²) in [4.78, 5) is 31.4. The number of aromatic nitrogens is 5. The maximum atomic E-state index is 12.4. The number of piperidine rings is 1. The first-order valence-electron chi connectivity index (χ1n) is 15.9. The van der Waals surface area contributed by atoms with Crippen LogP contribution in [0.2, 0.25) is 0 Å². The smallest absolute Gasteiger partial charge is 0.248 e. The van der Waals surface area contributed by atoms with Crippen LogP contribution in [0.4, 0.5) is 17.6 Å². The molecule has 0 radical (unpaired) electrons. The standard InChI is InChI=1S/C35H42N10O/c1-23(2)30-22-39-45-33(30)41-35(44-18-14-26(36)15-19-44)42-34(45)38-21-25-8-5-6-9-28(25)32-29-12-11-27(20-24(29)13-16-37-32)40-31(46)10-7-17-43(3)4/h5-13,16,20,22-23,26H,14-15,17-19,21,36H2,1-4H3,(H,40,46)(H,38,41,42)/b10-7+. The molecular formula is C35H42N10O. The monoisotopic (exact) mass is 618 g/mol. The van der Waals surface area contributed by atoms with Crippen LogP contribution in [0.1, 0.15) is 43.7 Å². The molecule has 0 atom stereocenters. The summed E-state index contributed by atoms with van der Waals surface area (Å²) in [6.45, 7) is 7.17. The molecule has 0 bridgehead atoms. The molecule has 11 nitrogen and oxygen atoms in total. The number of hydrogen-bond acceptors (Lipinski definition) is 9. The number of likely N-dealkylation sites (N-methyl/N-ethyl adjacent to an activating group) is 1. The topological polar surface area (TPSA) is 130 Å². The number of fused-ring (bicyclic) bond motifs is 2. The fraction of sp³-hybridized carbons (Fsp3) is 0.343. The number of rotatable bonds is 10. The molecule has 1 aliphatic rings. The Morgan fingerprint density at radius 2 is 1.91 bits per heavy atom. The van der Waals surface area contributed by atoms with E-state index in [1.54, 1.807) is 10.6 Å². The molecule has 46 heavy (non-hydrogen) atoms. The molecule has 11 heteroatoms. The predicted molar refractivity (Wildman–Crippen MR) is 185 cm³/mol. The lowest BCUT2D eigenvalue weighted by Crippen LogP contribution is -2.40. The van der Waals surface area contributed by atoms with E-state index < -0.39 is 0 Å². The van der Waals surface area contributed by atoms with Crippen LogP contribution in [0.5, 0.6) is 0 Å². The molecule has 0 aliphatic carbocycles. The molecule has 4 N–H and O–H groups in total. The van der Waals surface area contributed by atoms with Gasteiger partial charge < -0.3 is 26.2 Å². The Bertz CT molecular complexity index is 1870. The first-order chi connectivity index (χ1) is 22.3. The Hall–Kier alpha value is -4.87. The molecule has 1 amide bonds. The number of anilines is 3. The molecule has 1 fully saturated rings. The minimum absolute atomic E-state index is 0.157. The Balaban J connectivity index is 1.28. The highest BCUT2D eigenvalue weighted by atomic mass is 16.1. The van der Waals surface area contributed by atoms with Crippen molar-refractivity contribution in [2.45, 2.75) is 45.2 Å². The SMILES string of the molecule is CC(C)c1cnn2c(NCc3ccccc3-c3nccc4cc(NC(=O)/C=C/CN(C)C)ccc34)nc(N3CCC(N)CC3)nc12. The molecule has 238 valence electrons. The maximum absolute atomic E-state index is 12.4. The minimum Gasteiger partial charge on any atom is -0.350 e. The summed E-state index contributed by atoms with van der Waals surface area (Å²) < 4.78 is 1.80.